The number of hydrogen-bond acceptors (Lipinski definition) is 7. The maximum absolute atomic E-state index is 14.9. The summed E-state index contributed by atoms with van der Waals surface area (Å²) < 4.78 is 16.9. The summed E-state index contributed by atoms with van der Waals surface area (Å²) in [4.78, 5) is 24.3. The molecule has 4 aromatic rings. The molecule has 0 unspecified atom stereocenters. The monoisotopic (exact) mass is 500 g/mol. The van der Waals surface area contributed by atoms with E-state index in [4.69, 9.17) is 5.73 Å². The molecule has 0 radical (unpaired) electrons. The number of fused-ring (bicyclic) bond motifs is 2. The van der Waals surface area contributed by atoms with E-state index in [-0.39, 0.29) is 17.9 Å². The smallest absolute Gasteiger partial charge is 0.257 e. The number of pyridine rings is 2. The molecule has 1 fully saturated rings. The molecular weight excluding hydrogens is 471 g/mol. The Balaban J connectivity index is 1.29. The highest BCUT2D eigenvalue weighted by Crippen LogP contribution is 2.38. The molecule has 0 spiro atoms. The van der Waals surface area contributed by atoms with Crippen LogP contribution in [0, 0.1) is 11.7 Å². The molecular formula is C27H29FN8O. The van der Waals surface area contributed by atoms with Crippen molar-refractivity contribution in [3.63, 3.8) is 0 Å². The van der Waals surface area contributed by atoms with Gasteiger partial charge in [0.1, 0.15) is 12.1 Å². The lowest BCUT2D eigenvalue weighted by atomic mass is 9.76. The van der Waals surface area contributed by atoms with Crippen LogP contribution in [0.5, 0.6) is 0 Å². The van der Waals surface area contributed by atoms with Crippen molar-refractivity contribution in [3.8, 4) is 0 Å². The molecule has 190 valence electrons. The number of carbonyl (C=O) groups excluding carboxylic acids is 1. The minimum absolute atomic E-state index is 0.140. The number of amides is 1. The minimum Gasteiger partial charge on any atom is -0.361 e. The highest BCUT2D eigenvalue weighted by atomic mass is 19.1. The number of rotatable bonds is 4. The average molecular weight is 501 g/mol. The van der Waals surface area contributed by atoms with Gasteiger partial charge in [0.15, 0.2) is 5.82 Å². The molecule has 0 saturated heterocycles. The third-order valence-corrected chi connectivity index (χ3v) is 7.55. The van der Waals surface area contributed by atoms with Crippen LogP contribution in [-0.2, 0) is 13.1 Å². The lowest BCUT2D eigenvalue weighted by Gasteiger charge is -2.32. The number of anilines is 2. The molecule has 1 saturated carbocycles. The number of hydrogen-bond donors (Lipinski definition) is 2. The van der Waals surface area contributed by atoms with E-state index < -0.39 is 5.82 Å². The van der Waals surface area contributed by atoms with Gasteiger partial charge in [0.25, 0.3) is 5.91 Å². The van der Waals surface area contributed by atoms with Crippen molar-refractivity contribution in [2.75, 3.05) is 16.8 Å². The predicted molar refractivity (Wildman–Crippen MR) is 139 cm³/mol. The highest BCUT2D eigenvalue weighted by molar-refractivity contribution is 6.12. The van der Waals surface area contributed by atoms with Gasteiger partial charge in [-0.2, -0.15) is 0 Å². The van der Waals surface area contributed by atoms with E-state index >= 15 is 0 Å². The van der Waals surface area contributed by atoms with Gasteiger partial charge in [-0.15, -0.1) is 10.2 Å². The van der Waals surface area contributed by atoms with E-state index in [1.54, 1.807) is 31.0 Å². The van der Waals surface area contributed by atoms with Gasteiger partial charge in [-0.3, -0.25) is 14.8 Å². The van der Waals surface area contributed by atoms with Crippen LogP contribution in [0.4, 0.5) is 15.8 Å². The molecule has 10 heteroatoms. The van der Waals surface area contributed by atoms with E-state index in [1.165, 1.54) is 12.1 Å². The maximum atomic E-state index is 14.9. The topological polar surface area (TPSA) is 115 Å². The Morgan fingerprint density at radius 1 is 1.16 bits per heavy atom. The summed E-state index contributed by atoms with van der Waals surface area (Å²) in [5.74, 6) is 0.840. The zero-order valence-electron chi connectivity index (χ0n) is 20.6. The molecule has 9 nitrogen and oxygen atoms in total. The Hall–Kier alpha value is -3.92. The average Bonchev–Trinajstić information content (AvgIpc) is 3.36. The molecule has 1 amide bonds. The van der Waals surface area contributed by atoms with Gasteiger partial charge in [-0.1, -0.05) is 6.92 Å². The summed E-state index contributed by atoms with van der Waals surface area (Å²) in [6.07, 6.45) is 9.71. The third kappa shape index (κ3) is 4.53. The van der Waals surface area contributed by atoms with Crippen molar-refractivity contribution in [2.45, 2.75) is 51.2 Å². The Labute approximate surface area is 213 Å². The second kappa shape index (κ2) is 9.51. The number of halogens is 1. The van der Waals surface area contributed by atoms with E-state index in [1.807, 2.05) is 10.6 Å². The van der Waals surface area contributed by atoms with Crippen LogP contribution < -0.4 is 16.0 Å². The number of benzene rings is 1. The van der Waals surface area contributed by atoms with Crippen molar-refractivity contribution >= 4 is 28.2 Å². The van der Waals surface area contributed by atoms with Gasteiger partial charge >= 0.3 is 0 Å². The lowest BCUT2D eigenvalue weighted by Crippen LogP contribution is -2.33. The first-order valence-corrected chi connectivity index (χ1v) is 12.7. The minimum atomic E-state index is -0.423. The summed E-state index contributed by atoms with van der Waals surface area (Å²) in [6.45, 7) is 4.24. The van der Waals surface area contributed by atoms with Crippen LogP contribution in [0.3, 0.4) is 0 Å². The molecule has 37 heavy (non-hydrogen) atoms. The second-order valence-corrected chi connectivity index (χ2v) is 10.2. The summed E-state index contributed by atoms with van der Waals surface area (Å²) in [5.41, 5.74) is 9.39. The fourth-order valence-corrected chi connectivity index (χ4v) is 5.78. The molecule has 3 atom stereocenters. The normalized spacial score (nSPS) is 21.6. The Morgan fingerprint density at radius 2 is 2.05 bits per heavy atom. The standard InChI is InChI=1S/C27H29FN8O/c1-16-8-17(10-18(29)9-16)20-4-5-30-13-24(20)33-27(37)21-2-3-23(28)22-11-19(12-31-26(21)22)35-6-7-36-15-32-34-25(36)14-35/h2-5,11-13,15-18H,6-10,14,29H2,1H3,(H,33,37)/t16-,17+,18-/m0/s1. The molecule has 6 rings (SSSR count). The number of aromatic nitrogens is 5. The summed E-state index contributed by atoms with van der Waals surface area (Å²) >= 11 is 0. The number of nitrogens with zero attached hydrogens (tertiary/aromatic N) is 6. The molecule has 0 bridgehead atoms. The van der Waals surface area contributed by atoms with E-state index in [9.17, 15) is 9.18 Å². The first-order valence-electron chi connectivity index (χ1n) is 12.7. The van der Waals surface area contributed by atoms with Gasteiger partial charge in [0, 0.05) is 30.7 Å². The zero-order chi connectivity index (χ0) is 25.5. The SMILES string of the molecule is C[C@@H]1C[C@H](N)C[C@H](c2ccncc2NC(=O)c2ccc(F)c3cc(N4CCn5cnnc5C4)cnc23)C1. The zero-order valence-corrected chi connectivity index (χ0v) is 20.6. The van der Waals surface area contributed by atoms with Crippen LogP contribution in [-0.4, -0.2) is 43.2 Å². The highest BCUT2D eigenvalue weighted by Gasteiger charge is 2.28. The molecule has 2 aliphatic rings. The fourth-order valence-electron chi connectivity index (χ4n) is 5.78. The Bertz CT molecular complexity index is 1460. The Morgan fingerprint density at radius 3 is 2.92 bits per heavy atom. The second-order valence-electron chi connectivity index (χ2n) is 10.2. The lowest BCUT2D eigenvalue weighted by molar-refractivity contribution is 0.102. The van der Waals surface area contributed by atoms with Crippen molar-refractivity contribution in [3.05, 3.63) is 72.0 Å². The van der Waals surface area contributed by atoms with Crippen LogP contribution in [0.2, 0.25) is 0 Å². The van der Waals surface area contributed by atoms with E-state index in [2.05, 4.69) is 37.3 Å². The number of carbonyl (C=O) groups is 1. The molecule has 4 heterocycles. The summed E-state index contributed by atoms with van der Waals surface area (Å²) in [7, 11) is 0. The van der Waals surface area contributed by atoms with Gasteiger partial charge in [-0.05, 0) is 60.9 Å². The molecule has 1 aliphatic carbocycles. The predicted octanol–water partition coefficient (Wildman–Crippen LogP) is 3.86. The van der Waals surface area contributed by atoms with Gasteiger partial charge in [0.2, 0.25) is 0 Å². The Kier molecular flexibility index (Phi) is 6.03. The molecule has 3 aromatic heterocycles. The van der Waals surface area contributed by atoms with E-state index in [0.29, 0.717) is 34.6 Å². The van der Waals surface area contributed by atoms with Crippen molar-refractivity contribution in [1.29, 1.82) is 0 Å². The quantitative estimate of drug-likeness (QED) is 0.437. The molecule has 1 aromatic carbocycles. The number of nitrogens with two attached hydrogens (primary N) is 1. The van der Waals surface area contributed by atoms with Crippen LogP contribution in [0.15, 0.2) is 49.2 Å². The third-order valence-electron chi connectivity index (χ3n) is 7.55. The number of nitrogens with one attached hydrogen (secondary N) is 1. The van der Waals surface area contributed by atoms with Gasteiger partial charge < -0.3 is 20.5 Å². The first-order chi connectivity index (χ1) is 18.0. The maximum Gasteiger partial charge on any atom is 0.257 e. The molecule has 1 aliphatic heterocycles. The summed E-state index contributed by atoms with van der Waals surface area (Å²) in [5, 5.41) is 11.4. The fraction of sp³-hybridized carbons (Fsp3) is 0.370. The largest absolute Gasteiger partial charge is 0.361 e. The first kappa shape index (κ1) is 23.5. The van der Waals surface area contributed by atoms with Crippen LogP contribution in [0.25, 0.3) is 10.9 Å². The van der Waals surface area contributed by atoms with Crippen molar-refractivity contribution in [1.82, 2.24) is 24.7 Å². The van der Waals surface area contributed by atoms with Gasteiger partial charge in [0.05, 0.1) is 41.4 Å². The van der Waals surface area contributed by atoms with Crippen LogP contribution >= 0.6 is 0 Å². The molecule has 3 N–H and O–H groups in total. The van der Waals surface area contributed by atoms with E-state index in [0.717, 1.165) is 49.4 Å². The van der Waals surface area contributed by atoms with Crippen LogP contribution in [0.1, 0.15) is 53.8 Å². The van der Waals surface area contributed by atoms with Gasteiger partial charge in [-0.25, -0.2) is 4.39 Å². The van der Waals surface area contributed by atoms with Crippen molar-refractivity contribution < 1.29 is 9.18 Å². The van der Waals surface area contributed by atoms with Crippen molar-refractivity contribution in [2.24, 2.45) is 11.7 Å². The summed E-state index contributed by atoms with van der Waals surface area (Å²) in [6, 6.07) is 6.65.